The highest BCUT2D eigenvalue weighted by Gasteiger charge is 2.15. The van der Waals surface area contributed by atoms with Gasteiger partial charge in [-0.1, -0.05) is 38.1 Å². The second-order valence-corrected chi connectivity index (χ2v) is 7.42. The summed E-state index contributed by atoms with van der Waals surface area (Å²) < 4.78 is 18.9. The van der Waals surface area contributed by atoms with E-state index in [2.05, 4.69) is 47.7 Å². The van der Waals surface area contributed by atoms with Crippen LogP contribution in [0.1, 0.15) is 45.6 Å². The zero-order chi connectivity index (χ0) is 22.6. The first kappa shape index (κ1) is 24.4. The molecule has 2 rings (SSSR count). The van der Waals surface area contributed by atoms with Gasteiger partial charge < -0.3 is 15.4 Å². The number of halogens is 1. The lowest BCUT2D eigenvalue weighted by Crippen LogP contribution is -2.28. The maximum Gasteiger partial charge on any atom is 0.151 e. The summed E-state index contributed by atoms with van der Waals surface area (Å²) in [6, 6.07) is 14.5. The highest BCUT2D eigenvalue weighted by atomic mass is 19.1. The van der Waals surface area contributed by atoms with Crippen molar-refractivity contribution in [1.82, 2.24) is 5.32 Å². The molecule has 2 atom stereocenters. The zero-order valence-corrected chi connectivity index (χ0v) is 19.2. The van der Waals surface area contributed by atoms with E-state index in [9.17, 15) is 4.39 Å². The summed E-state index contributed by atoms with van der Waals surface area (Å²) in [6.45, 7) is 9.04. The molecule has 2 unspecified atom stereocenters. The molecule has 0 fully saturated rings. The molecular weight excluding hydrogens is 389 g/mol. The van der Waals surface area contributed by atoms with Crippen LogP contribution in [0.15, 0.2) is 76.9 Å². The highest BCUT2D eigenvalue weighted by molar-refractivity contribution is 5.64. The molecule has 31 heavy (non-hydrogen) atoms. The molecule has 0 aliphatic carbocycles. The predicted molar refractivity (Wildman–Crippen MR) is 130 cm³/mol. The fraction of sp³-hybridized carbons (Fsp3) is 0.346. The van der Waals surface area contributed by atoms with Crippen LogP contribution in [0.25, 0.3) is 0 Å². The fourth-order valence-corrected chi connectivity index (χ4v) is 3.26. The van der Waals surface area contributed by atoms with Gasteiger partial charge in [0.15, 0.2) is 6.23 Å². The molecule has 2 aromatic rings. The number of ether oxygens (including phenoxy) is 1. The van der Waals surface area contributed by atoms with Gasteiger partial charge in [0.05, 0.1) is 5.69 Å². The van der Waals surface area contributed by atoms with Crippen molar-refractivity contribution in [3.63, 3.8) is 0 Å². The number of anilines is 1. The Morgan fingerprint density at radius 3 is 2.52 bits per heavy atom. The van der Waals surface area contributed by atoms with Crippen molar-refractivity contribution >= 4 is 17.6 Å². The molecule has 166 valence electrons. The van der Waals surface area contributed by atoms with E-state index in [0.717, 1.165) is 35.6 Å². The van der Waals surface area contributed by atoms with E-state index in [1.165, 1.54) is 17.7 Å². The smallest absolute Gasteiger partial charge is 0.151 e. The van der Waals surface area contributed by atoms with Crippen LogP contribution < -0.4 is 10.6 Å². The van der Waals surface area contributed by atoms with E-state index >= 15 is 0 Å². The van der Waals surface area contributed by atoms with Crippen molar-refractivity contribution in [1.29, 1.82) is 0 Å². The van der Waals surface area contributed by atoms with Crippen LogP contribution in [0.4, 0.5) is 15.8 Å². The lowest BCUT2D eigenvalue weighted by Gasteiger charge is -2.23. The Hall–Kier alpha value is -2.92. The number of benzene rings is 2. The van der Waals surface area contributed by atoms with Crippen LogP contribution in [0, 0.1) is 5.82 Å². The van der Waals surface area contributed by atoms with Gasteiger partial charge in [0.25, 0.3) is 0 Å². The first-order valence-electron chi connectivity index (χ1n) is 10.7. The van der Waals surface area contributed by atoms with Crippen molar-refractivity contribution in [3.05, 3.63) is 83.3 Å². The summed E-state index contributed by atoms with van der Waals surface area (Å²) in [7, 11) is 1.66. The minimum Gasteiger partial charge on any atom is -0.384 e. The molecule has 4 nitrogen and oxygen atoms in total. The third-order valence-electron chi connectivity index (χ3n) is 5.01. The number of nitrogens with one attached hydrogen (secondary N) is 2. The molecule has 2 aromatic carbocycles. The van der Waals surface area contributed by atoms with Crippen molar-refractivity contribution < 1.29 is 9.13 Å². The summed E-state index contributed by atoms with van der Waals surface area (Å²) in [5.74, 6) is 0.00454. The van der Waals surface area contributed by atoms with E-state index in [1.807, 2.05) is 38.3 Å². The molecule has 0 aromatic heterocycles. The number of aliphatic imine (C=N–C) groups is 1. The molecule has 0 spiro atoms. The summed E-state index contributed by atoms with van der Waals surface area (Å²) in [5, 5.41) is 6.88. The topological polar surface area (TPSA) is 45.7 Å². The molecular formula is C26H34FN3O. The average molecular weight is 424 g/mol. The summed E-state index contributed by atoms with van der Waals surface area (Å²) in [5.41, 5.74) is 5.02. The van der Waals surface area contributed by atoms with E-state index in [4.69, 9.17) is 4.74 Å². The maximum absolute atomic E-state index is 13.2. The van der Waals surface area contributed by atoms with E-state index in [0.29, 0.717) is 0 Å². The SMILES string of the molecule is C/C=C\C(NCC(C)c1ccccc1N=CCC)=C(/C)C(Nc1ccc(F)cc1)OC. The maximum atomic E-state index is 13.2. The summed E-state index contributed by atoms with van der Waals surface area (Å²) in [4.78, 5) is 4.60. The van der Waals surface area contributed by atoms with Gasteiger partial charge in [0.2, 0.25) is 0 Å². The van der Waals surface area contributed by atoms with Gasteiger partial charge in [-0.2, -0.15) is 0 Å². The Morgan fingerprint density at radius 1 is 1.16 bits per heavy atom. The van der Waals surface area contributed by atoms with Crippen molar-refractivity contribution in [2.24, 2.45) is 4.99 Å². The van der Waals surface area contributed by atoms with Gasteiger partial charge in [-0.15, -0.1) is 0 Å². The quantitative estimate of drug-likeness (QED) is 0.244. The average Bonchev–Trinajstić information content (AvgIpc) is 2.79. The van der Waals surface area contributed by atoms with Gasteiger partial charge >= 0.3 is 0 Å². The minimum absolute atomic E-state index is 0.263. The predicted octanol–water partition coefficient (Wildman–Crippen LogP) is 6.57. The first-order valence-corrected chi connectivity index (χ1v) is 10.7. The van der Waals surface area contributed by atoms with Crippen molar-refractivity contribution in [2.75, 3.05) is 19.0 Å². The lowest BCUT2D eigenvalue weighted by molar-refractivity contribution is 0.152. The van der Waals surface area contributed by atoms with Crippen LogP contribution in [0.2, 0.25) is 0 Å². The standard InChI is InChI=1S/C26H34FN3O/c1-6-10-24(20(4)26(31-5)30-22-15-13-21(27)14-16-22)29-18-19(3)23-11-8-9-12-25(23)28-17-7-2/h6,8-17,19,26,29-30H,7,18H2,1-5H3/b10-6-,24-20-,28-17?. The van der Waals surface area contributed by atoms with Crippen LogP contribution in [0.3, 0.4) is 0 Å². The second kappa shape index (κ2) is 12.7. The van der Waals surface area contributed by atoms with Crippen LogP contribution in [-0.2, 0) is 4.74 Å². The largest absolute Gasteiger partial charge is 0.384 e. The number of nitrogens with zero attached hydrogens (tertiary/aromatic N) is 1. The van der Waals surface area contributed by atoms with E-state index < -0.39 is 0 Å². The molecule has 0 bridgehead atoms. The minimum atomic E-state index is -0.346. The Balaban J connectivity index is 2.17. The Morgan fingerprint density at radius 2 is 1.87 bits per heavy atom. The molecule has 5 heteroatoms. The van der Waals surface area contributed by atoms with Crippen LogP contribution in [-0.4, -0.2) is 26.1 Å². The zero-order valence-electron chi connectivity index (χ0n) is 19.2. The van der Waals surface area contributed by atoms with E-state index in [-0.39, 0.29) is 18.0 Å². The molecule has 0 aliphatic rings. The molecule has 2 N–H and O–H groups in total. The van der Waals surface area contributed by atoms with Crippen molar-refractivity contribution in [3.8, 4) is 0 Å². The molecule has 0 radical (unpaired) electrons. The monoisotopic (exact) mass is 423 g/mol. The third kappa shape index (κ3) is 7.37. The number of allylic oxidation sites excluding steroid dienone is 2. The van der Waals surface area contributed by atoms with Gasteiger partial charge in [0.1, 0.15) is 5.82 Å². The van der Waals surface area contributed by atoms with Gasteiger partial charge in [-0.3, -0.25) is 4.99 Å². The number of hydrogen-bond acceptors (Lipinski definition) is 4. The van der Waals surface area contributed by atoms with Crippen molar-refractivity contribution in [2.45, 2.75) is 46.3 Å². The number of rotatable bonds is 11. The third-order valence-corrected chi connectivity index (χ3v) is 5.01. The molecule has 0 amide bonds. The summed E-state index contributed by atoms with van der Waals surface area (Å²) in [6.07, 6.45) is 6.55. The highest BCUT2D eigenvalue weighted by Crippen LogP contribution is 2.26. The molecule has 0 saturated heterocycles. The lowest BCUT2D eigenvalue weighted by atomic mass is 9.99. The number of hydrogen-bond donors (Lipinski definition) is 2. The fourth-order valence-electron chi connectivity index (χ4n) is 3.26. The van der Waals surface area contributed by atoms with Gasteiger partial charge in [-0.05, 0) is 67.8 Å². The van der Waals surface area contributed by atoms with E-state index in [1.54, 1.807) is 19.2 Å². The first-order chi connectivity index (χ1) is 15.0. The van der Waals surface area contributed by atoms with Crippen LogP contribution in [0.5, 0.6) is 0 Å². The van der Waals surface area contributed by atoms with Crippen LogP contribution >= 0.6 is 0 Å². The Labute approximate surface area is 185 Å². The molecule has 0 aliphatic heterocycles. The summed E-state index contributed by atoms with van der Waals surface area (Å²) >= 11 is 0. The van der Waals surface area contributed by atoms with Gasteiger partial charge in [0, 0.05) is 37.2 Å². The number of methoxy groups -OCH3 is 1. The normalized spacial score (nSPS) is 14.5. The Kier molecular flexibility index (Phi) is 9.98. The number of para-hydroxylation sites is 1. The van der Waals surface area contributed by atoms with Gasteiger partial charge in [-0.25, -0.2) is 4.39 Å². The Bertz CT molecular complexity index is 903. The molecule has 0 saturated carbocycles. The molecule has 0 heterocycles. The second-order valence-electron chi connectivity index (χ2n) is 7.42.